The standard InChI is InChI=1S/C8H9Cl.C7H7Cl.HN3/c1-7(9)8-5-3-2-4-6-8;8-6-7-4-2-1-3-5-7;1-3-2/h2-7H,1H3;1-5H,6H2;1H. The SMILES string of the molecule is CC(Cl)c1ccccc1.ClCc1ccccc1.[N-]=[N+]=N. The molecule has 20 heavy (non-hydrogen) atoms. The molecule has 0 heterocycles. The van der Waals surface area contributed by atoms with Crippen molar-refractivity contribution in [1.29, 1.82) is 5.53 Å². The van der Waals surface area contributed by atoms with Gasteiger partial charge >= 0.3 is 0 Å². The van der Waals surface area contributed by atoms with Gasteiger partial charge in [0.1, 0.15) is 0 Å². The summed E-state index contributed by atoms with van der Waals surface area (Å²) in [6.07, 6.45) is 0. The number of benzene rings is 2. The molecule has 0 aliphatic heterocycles. The number of nitrogens with zero attached hydrogens (tertiary/aromatic N) is 2. The van der Waals surface area contributed by atoms with E-state index >= 15 is 0 Å². The molecule has 2 aromatic carbocycles. The van der Waals surface area contributed by atoms with Gasteiger partial charge in [-0.1, -0.05) is 60.7 Å². The third kappa shape index (κ3) is 9.29. The fourth-order valence-electron chi connectivity index (χ4n) is 1.29. The lowest BCUT2D eigenvalue weighted by Crippen LogP contribution is -1.80. The van der Waals surface area contributed by atoms with E-state index in [0.717, 1.165) is 0 Å². The maximum Gasteiger partial charge on any atom is 0.0557 e. The van der Waals surface area contributed by atoms with Crippen LogP contribution in [0.25, 0.3) is 10.4 Å². The summed E-state index contributed by atoms with van der Waals surface area (Å²) in [6.45, 7) is 1.97. The zero-order valence-electron chi connectivity index (χ0n) is 11.2. The van der Waals surface area contributed by atoms with Gasteiger partial charge in [0.25, 0.3) is 0 Å². The van der Waals surface area contributed by atoms with Crippen molar-refractivity contribution in [3.8, 4) is 0 Å². The number of alkyl halides is 2. The summed E-state index contributed by atoms with van der Waals surface area (Å²) in [6, 6.07) is 20.0. The van der Waals surface area contributed by atoms with Crippen molar-refractivity contribution in [1.82, 2.24) is 0 Å². The molecule has 106 valence electrons. The Morgan fingerprint density at radius 1 is 1.05 bits per heavy atom. The van der Waals surface area contributed by atoms with Crippen LogP contribution in [-0.2, 0) is 5.88 Å². The highest BCUT2D eigenvalue weighted by Gasteiger charge is 1.95. The zero-order chi connectivity index (χ0) is 15.2. The van der Waals surface area contributed by atoms with Crippen LogP contribution in [0.2, 0.25) is 0 Å². The van der Waals surface area contributed by atoms with Crippen LogP contribution < -0.4 is 0 Å². The molecular weight excluding hydrogens is 293 g/mol. The van der Waals surface area contributed by atoms with E-state index in [4.69, 9.17) is 34.3 Å². The quantitative estimate of drug-likeness (QED) is 0.293. The minimum Gasteiger partial charge on any atom is -0.122 e. The summed E-state index contributed by atoms with van der Waals surface area (Å²) >= 11 is 11.3. The van der Waals surface area contributed by atoms with Crippen molar-refractivity contribution in [2.75, 3.05) is 0 Å². The Kier molecular flexibility index (Phi) is 11.3. The van der Waals surface area contributed by atoms with Gasteiger partial charge in [0.05, 0.1) is 5.38 Å². The molecule has 5 heteroatoms. The highest BCUT2D eigenvalue weighted by Crippen LogP contribution is 2.17. The van der Waals surface area contributed by atoms with E-state index in [-0.39, 0.29) is 5.38 Å². The van der Waals surface area contributed by atoms with E-state index in [9.17, 15) is 0 Å². The smallest absolute Gasteiger partial charge is 0.0557 e. The zero-order valence-corrected chi connectivity index (χ0v) is 12.7. The molecule has 0 aliphatic rings. The van der Waals surface area contributed by atoms with Crippen LogP contribution in [0.4, 0.5) is 0 Å². The van der Waals surface area contributed by atoms with Crippen molar-refractivity contribution >= 4 is 23.2 Å². The normalized spacial score (nSPS) is 9.95. The summed E-state index contributed by atoms with van der Waals surface area (Å²) < 4.78 is 0. The molecule has 0 aliphatic carbocycles. The first-order valence-electron chi connectivity index (χ1n) is 5.95. The predicted octanol–water partition coefficient (Wildman–Crippen LogP) is 6.29. The van der Waals surface area contributed by atoms with E-state index in [1.54, 1.807) is 4.91 Å². The van der Waals surface area contributed by atoms with Gasteiger partial charge in [0, 0.05) is 5.88 Å². The van der Waals surface area contributed by atoms with Crippen LogP contribution in [0.5, 0.6) is 0 Å². The number of rotatable bonds is 2. The summed E-state index contributed by atoms with van der Waals surface area (Å²) in [5, 5.41) is 0.131. The van der Waals surface area contributed by atoms with E-state index in [0.29, 0.717) is 5.88 Å². The summed E-state index contributed by atoms with van der Waals surface area (Å²) in [7, 11) is 0. The summed E-state index contributed by atoms with van der Waals surface area (Å²) in [4.78, 5) is 1.75. The molecule has 1 atom stereocenters. The first-order chi connectivity index (χ1) is 9.65. The molecule has 0 radical (unpaired) electrons. The lowest BCUT2D eigenvalue weighted by Gasteiger charge is -1.99. The van der Waals surface area contributed by atoms with Gasteiger partial charge in [-0.05, 0) is 28.5 Å². The lowest BCUT2D eigenvalue weighted by atomic mass is 10.2. The molecule has 1 N–H and O–H groups in total. The first kappa shape index (κ1) is 18.3. The molecule has 0 amide bonds. The van der Waals surface area contributed by atoms with Gasteiger partial charge in [-0.2, -0.15) is 0 Å². The highest BCUT2D eigenvalue weighted by molar-refractivity contribution is 6.20. The van der Waals surface area contributed by atoms with Crippen LogP contribution in [0.1, 0.15) is 23.4 Å². The molecule has 0 aromatic heterocycles. The van der Waals surface area contributed by atoms with Gasteiger partial charge in [0.2, 0.25) is 0 Å². The average molecular weight is 310 g/mol. The Morgan fingerprint density at radius 3 is 1.70 bits per heavy atom. The Labute approximate surface area is 129 Å². The number of hydrogen-bond donors (Lipinski definition) is 1. The fourth-order valence-corrected chi connectivity index (χ4v) is 1.61. The Morgan fingerprint density at radius 2 is 1.45 bits per heavy atom. The largest absolute Gasteiger partial charge is 0.122 e. The number of hydrogen-bond acceptors (Lipinski definition) is 1. The van der Waals surface area contributed by atoms with E-state index in [1.165, 1.54) is 11.1 Å². The molecule has 2 aromatic rings. The van der Waals surface area contributed by atoms with Gasteiger partial charge in [-0.15, -0.1) is 28.7 Å². The third-order valence-corrected chi connectivity index (χ3v) is 2.82. The van der Waals surface area contributed by atoms with Gasteiger partial charge in [-0.3, -0.25) is 0 Å². The van der Waals surface area contributed by atoms with E-state index in [2.05, 4.69) is 0 Å². The van der Waals surface area contributed by atoms with E-state index in [1.807, 2.05) is 67.6 Å². The minimum absolute atomic E-state index is 0.131. The molecule has 0 saturated heterocycles. The second-order valence-corrected chi connectivity index (χ2v) is 4.67. The summed E-state index contributed by atoms with van der Waals surface area (Å²) in [5.41, 5.74) is 14.6. The van der Waals surface area contributed by atoms with Gasteiger partial charge in [-0.25, -0.2) is 0 Å². The maximum absolute atomic E-state index is 6.86. The molecule has 0 spiro atoms. The van der Waals surface area contributed by atoms with Crippen molar-refractivity contribution in [3.63, 3.8) is 0 Å². The molecule has 1 unspecified atom stereocenters. The van der Waals surface area contributed by atoms with Crippen molar-refractivity contribution in [2.24, 2.45) is 0 Å². The van der Waals surface area contributed by atoms with Gasteiger partial charge in [0.15, 0.2) is 0 Å². The van der Waals surface area contributed by atoms with Crippen LogP contribution in [0, 0.1) is 5.53 Å². The van der Waals surface area contributed by atoms with Crippen molar-refractivity contribution in [3.05, 3.63) is 82.2 Å². The Hall–Kier alpha value is -1.67. The van der Waals surface area contributed by atoms with Gasteiger partial charge < -0.3 is 0 Å². The molecule has 3 nitrogen and oxygen atoms in total. The highest BCUT2D eigenvalue weighted by atomic mass is 35.5. The molecule has 0 fully saturated rings. The second-order valence-electron chi connectivity index (χ2n) is 3.75. The first-order valence-corrected chi connectivity index (χ1v) is 6.92. The van der Waals surface area contributed by atoms with Crippen LogP contribution >= 0.6 is 23.2 Å². The topological polar surface area (TPSA) is 60.3 Å². The number of nitrogens with one attached hydrogen (secondary N) is 1. The molecule has 0 saturated carbocycles. The van der Waals surface area contributed by atoms with Crippen LogP contribution in [-0.4, -0.2) is 0 Å². The predicted molar refractivity (Wildman–Crippen MR) is 86.1 cm³/mol. The lowest BCUT2D eigenvalue weighted by molar-refractivity contribution is 1.08. The molecule has 2 rings (SSSR count). The molecular formula is C15H17Cl2N3. The average Bonchev–Trinajstić information content (AvgIpc) is 2.50. The third-order valence-electron chi connectivity index (χ3n) is 2.26. The van der Waals surface area contributed by atoms with E-state index < -0.39 is 0 Å². The summed E-state index contributed by atoms with van der Waals surface area (Å²) in [5.74, 6) is 0.612. The Balaban J connectivity index is 0.000000304. The van der Waals surface area contributed by atoms with Crippen molar-refractivity contribution < 1.29 is 0 Å². The van der Waals surface area contributed by atoms with Crippen LogP contribution in [0.3, 0.4) is 0 Å². The fraction of sp³-hybridized carbons (Fsp3) is 0.200. The van der Waals surface area contributed by atoms with Crippen LogP contribution in [0.15, 0.2) is 60.7 Å². The minimum atomic E-state index is 0.131. The second kappa shape index (κ2) is 12.4. The Bertz CT molecular complexity index is 481. The maximum atomic E-state index is 6.86. The monoisotopic (exact) mass is 309 g/mol. The van der Waals surface area contributed by atoms with Crippen molar-refractivity contribution in [2.45, 2.75) is 18.2 Å². The number of halogens is 2. The molecule has 0 bridgehead atoms.